The number of para-hydroxylation sites is 1. The van der Waals surface area contributed by atoms with Gasteiger partial charge in [0.2, 0.25) is 0 Å². The summed E-state index contributed by atoms with van der Waals surface area (Å²) in [5.41, 5.74) is 5.04. The molecule has 1 aliphatic rings. The van der Waals surface area contributed by atoms with Gasteiger partial charge in [0.15, 0.2) is 0 Å². The van der Waals surface area contributed by atoms with Gasteiger partial charge in [-0.05, 0) is 23.3 Å². The van der Waals surface area contributed by atoms with E-state index in [-0.39, 0.29) is 0 Å². The number of H-pyrrole nitrogens is 1. The summed E-state index contributed by atoms with van der Waals surface area (Å²) in [5.74, 6) is 0. The molecule has 0 unspecified atom stereocenters. The molecule has 0 bridgehead atoms. The number of fused-ring (bicyclic) bond motifs is 5. The molecule has 0 amide bonds. The molecule has 0 spiro atoms. The van der Waals surface area contributed by atoms with Crippen molar-refractivity contribution in [2.75, 3.05) is 0 Å². The average Bonchev–Trinajstić information content (AvgIpc) is 2.91. The molecule has 2 aromatic carbocycles. The highest BCUT2D eigenvalue weighted by Crippen LogP contribution is 2.31. The fraction of sp³-hybridized carbons (Fsp3) is 0.0714. The van der Waals surface area contributed by atoms with Crippen LogP contribution in [0.2, 0.25) is 0 Å². The van der Waals surface area contributed by atoms with Crippen LogP contribution in [-0.2, 0) is 6.54 Å². The van der Waals surface area contributed by atoms with Gasteiger partial charge in [-0.2, -0.15) is 0 Å². The van der Waals surface area contributed by atoms with Crippen molar-refractivity contribution >= 4 is 28.0 Å². The van der Waals surface area contributed by atoms with Gasteiger partial charge in [0.1, 0.15) is 0 Å². The molecule has 0 radical (unpaired) electrons. The van der Waals surface area contributed by atoms with Crippen molar-refractivity contribution < 1.29 is 0 Å². The maximum atomic E-state index is 4.35. The van der Waals surface area contributed by atoms with E-state index in [4.69, 9.17) is 0 Å². The molecule has 0 atom stereocenters. The molecule has 2 heterocycles. The van der Waals surface area contributed by atoms with Crippen molar-refractivity contribution in [3.8, 4) is 0 Å². The van der Waals surface area contributed by atoms with E-state index in [9.17, 15) is 0 Å². The van der Waals surface area contributed by atoms with Crippen LogP contribution in [0, 0.1) is 0 Å². The van der Waals surface area contributed by atoms with E-state index in [0.717, 1.165) is 6.54 Å². The van der Waals surface area contributed by atoms with Crippen LogP contribution in [0.1, 0.15) is 11.1 Å². The highest BCUT2D eigenvalue weighted by molar-refractivity contribution is 6.11. The zero-order valence-corrected chi connectivity index (χ0v) is 8.70. The molecular formula is C14H10N2. The molecular weight excluding hydrogens is 196 g/mol. The summed E-state index contributed by atoms with van der Waals surface area (Å²) in [4.78, 5) is 7.80. The van der Waals surface area contributed by atoms with Crippen LogP contribution in [0.3, 0.4) is 0 Å². The lowest BCUT2D eigenvalue weighted by molar-refractivity contribution is 1.13. The Hall–Kier alpha value is -2.09. The molecule has 2 nitrogen and oxygen atoms in total. The Morgan fingerprint density at radius 2 is 1.94 bits per heavy atom. The van der Waals surface area contributed by atoms with E-state index in [1.54, 1.807) is 0 Å². The molecule has 16 heavy (non-hydrogen) atoms. The minimum Gasteiger partial charge on any atom is -0.355 e. The van der Waals surface area contributed by atoms with Crippen molar-refractivity contribution in [3.05, 3.63) is 47.5 Å². The Bertz CT molecular complexity index is 735. The second kappa shape index (κ2) is 2.73. The van der Waals surface area contributed by atoms with Gasteiger partial charge < -0.3 is 4.98 Å². The van der Waals surface area contributed by atoms with Crippen LogP contribution in [0.15, 0.2) is 41.4 Å². The zero-order valence-electron chi connectivity index (χ0n) is 8.70. The first kappa shape index (κ1) is 8.11. The first-order valence-electron chi connectivity index (χ1n) is 5.45. The maximum Gasteiger partial charge on any atom is 0.0653 e. The first-order valence-corrected chi connectivity index (χ1v) is 5.45. The van der Waals surface area contributed by atoms with Gasteiger partial charge in [-0.1, -0.05) is 24.3 Å². The smallest absolute Gasteiger partial charge is 0.0653 e. The lowest BCUT2D eigenvalue weighted by Gasteiger charge is -1.99. The topological polar surface area (TPSA) is 28.1 Å². The summed E-state index contributed by atoms with van der Waals surface area (Å²) in [6.45, 7) is 0.814. The summed E-state index contributed by atoms with van der Waals surface area (Å²) in [6.07, 6.45) is 1.97. The van der Waals surface area contributed by atoms with Crippen molar-refractivity contribution in [2.45, 2.75) is 6.54 Å². The number of rotatable bonds is 0. The van der Waals surface area contributed by atoms with E-state index in [2.05, 4.69) is 46.4 Å². The number of aliphatic imine (C=N–C) groups is 1. The van der Waals surface area contributed by atoms with E-state index >= 15 is 0 Å². The van der Waals surface area contributed by atoms with Crippen molar-refractivity contribution in [1.82, 2.24) is 4.98 Å². The predicted octanol–water partition coefficient (Wildman–Crippen LogP) is 3.25. The van der Waals surface area contributed by atoms with Crippen molar-refractivity contribution in [1.29, 1.82) is 0 Å². The van der Waals surface area contributed by atoms with Crippen LogP contribution in [-0.4, -0.2) is 11.2 Å². The number of aromatic nitrogens is 1. The third kappa shape index (κ3) is 0.890. The molecule has 0 saturated carbocycles. The monoisotopic (exact) mass is 206 g/mol. The lowest BCUT2D eigenvalue weighted by atomic mass is 10.0. The van der Waals surface area contributed by atoms with Gasteiger partial charge in [-0.25, -0.2) is 0 Å². The molecule has 4 rings (SSSR count). The number of nitrogens with one attached hydrogen (secondary N) is 1. The molecule has 2 heteroatoms. The van der Waals surface area contributed by atoms with Gasteiger partial charge in [-0.3, -0.25) is 4.99 Å². The third-order valence-corrected chi connectivity index (χ3v) is 3.29. The molecule has 76 valence electrons. The number of nitrogens with zero attached hydrogens (tertiary/aromatic N) is 1. The van der Waals surface area contributed by atoms with Crippen molar-refractivity contribution in [3.63, 3.8) is 0 Å². The van der Waals surface area contributed by atoms with E-state index in [1.165, 1.54) is 32.9 Å². The standard InChI is InChI=1S/C14H10N2/c1-2-4-12-10(3-1)14-11-8-15-7-9(11)5-6-13(14)16-12/h1-7,16H,8H2. The Balaban J connectivity index is 2.29. The molecule has 0 saturated heterocycles. The van der Waals surface area contributed by atoms with Crippen LogP contribution in [0.5, 0.6) is 0 Å². The second-order valence-electron chi connectivity index (χ2n) is 4.20. The number of aromatic amines is 1. The molecule has 1 aliphatic heterocycles. The Morgan fingerprint density at radius 3 is 2.94 bits per heavy atom. The normalized spacial score (nSPS) is 13.8. The quantitative estimate of drug-likeness (QED) is 0.585. The molecule has 1 aromatic heterocycles. The summed E-state index contributed by atoms with van der Waals surface area (Å²) in [7, 11) is 0. The Morgan fingerprint density at radius 1 is 1.00 bits per heavy atom. The molecule has 0 aliphatic carbocycles. The Kier molecular flexibility index (Phi) is 1.38. The highest BCUT2D eigenvalue weighted by Gasteiger charge is 2.13. The fourth-order valence-electron chi connectivity index (χ4n) is 2.56. The summed E-state index contributed by atoms with van der Waals surface area (Å²) < 4.78 is 0. The predicted molar refractivity (Wildman–Crippen MR) is 67.1 cm³/mol. The third-order valence-electron chi connectivity index (χ3n) is 3.29. The number of hydrogen-bond donors (Lipinski definition) is 1. The molecule has 0 fully saturated rings. The Labute approximate surface area is 92.6 Å². The second-order valence-corrected chi connectivity index (χ2v) is 4.20. The number of benzene rings is 2. The minimum atomic E-state index is 0.814. The van der Waals surface area contributed by atoms with Gasteiger partial charge in [-0.15, -0.1) is 0 Å². The van der Waals surface area contributed by atoms with Gasteiger partial charge in [0, 0.05) is 28.0 Å². The maximum absolute atomic E-state index is 4.35. The fourth-order valence-corrected chi connectivity index (χ4v) is 2.56. The van der Waals surface area contributed by atoms with Crippen LogP contribution >= 0.6 is 0 Å². The van der Waals surface area contributed by atoms with Crippen LogP contribution in [0.4, 0.5) is 0 Å². The van der Waals surface area contributed by atoms with E-state index < -0.39 is 0 Å². The average molecular weight is 206 g/mol. The lowest BCUT2D eigenvalue weighted by Crippen LogP contribution is -1.84. The first-order chi connectivity index (χ1) is 7.93. The van der Waals surface area contributed by atoms with Crippen LogP contribution < -0.4 is 0 Å². The van der Waals surface area contributed by atoms with Gasteiger partial charge in [0.25, 0.3) is 0 Å². The summed E-state index contributed by atoms with van der Waals surface area (Å²) >= 11 is 0. The highest BCUT2D eigenvalue weighted by atomic mass is 14.7. The van der Waals surface area contributed by atoms with Gasteiger partial charge >= 0.3 is 0 Å². The molecule has 1 N–H and O–H groups in total. The van der Waals surface area contributed by atoms with E-state index in [0.29, 0.717) is 0 Å². The summed E-state index contributed by atoms with van der Waals surface area (Å²) in [5, 5.41) is 2.64. The van der Waals surface area contributed by atoms with E-state index in [1.807, 2.05) is 6.21 Å². The van der Waals surface area contributed by atoms with Crippen LogP contribution in [0.25, 0.3) is 21.8 Å². The minimum absolute atomic E-state index is 0.814. The SMILES string of the molecule is C1=NCc2c1ccc1[nH]c3ccccc3c21. The zero-order chi connectivity index (χ0) is 10.5. The summed E-state index contributed by atoms with van der Waals surface area (Å²) in [6, 6.07) is 12.7. The number of hydrogen-bond acceptors (Lipinski definition) is 1. The van der Waals surface area contributed by atoms with Gasteiger partial charge in [0.05, 0.1) is 6.54 Å². The largest absolute Gasteiger partial charge is 0.355 e. The van der Waals surface area contributed by atoms with Crippen molar-refractivity contribution in [2.24, 2.45) is 4.99 Å². The molecule has 3 aromatic rings.